The van der Waals surface area contributed by atoms with E-state index in [1.807, 2.05) is 26.8 Å². The summed E-state index contributed by atoms with van der Waals surface area (Å²) in [5, 5.41) is 0.762. The van der Waals surface area contributed by atoms with Crippen molar-refractivity contribution in [3.63, 3.8) is 0 Å². The summed E-state index contributed by atoms with van der Waals surface area (Å²) in [6, 6.07) is 9.62. The average molecular weight is 486 g/mol. The number of halogens is 1. The van der Waals surface area contributed by atoms with E-state index in [-0.39, 0.29) is 23.2 Å². The fraction of sp³-hybridized carbons (Fsp3) is 0.385. The third-order valence-electron chi connectivity index (χ3n) is 5.73. The molecule has 34 heavy (non-hydrogen) atoms. The molecular formula is C26H28ClNO6. The Labute approximate surface area is 203 Å². The molecule has 1 unspecified atom stereocenters. The highest BCUT2D eigenvalue weighted by Gasteiger charge is 2.42. The molecule has 0 radical (unpaired) electrons. The minimum atomic E-state index is -0.634. The van der Waals surface area contributed by atoms with Gasteiger partial charge in [0.1, 0.15) is 5.58 Å². The molecule has 4 rings (SSSR count). The minimum absolute atomic E-state index is 0.0578. The van der Waals surface area contributed by atoms with Crippen LogP contribution >= 0.6 is 11.6 Å². The Morgan fingerprint density at radius 3 is 2.62 bits per heavy atom. The van der Waals surface area contributed by atoms with E-state index in [1.54, 1.807) is 42.3 Å². The summed E-state index contributed by atoms with van der Waals surface area (Å²) < 4.78 is 22.8. The van der Waals surface area contributed by atoms with Gasteiger partial charge in [0.25, 0.3) is 5.91 Å². The number of hydrogen-bond donors (Lipinski definition) is 0. The van der Waals surface area contributed by atoms with Crippen molar-refractivity contribution in [1.29, 1.82) is 0 Å². The molecule has 0 aliphatic carbocycles. The van der Waals surface area contributed by atoms with E-state index in [2.05, 4.69) is 0 Å². The lowest BCUT2D eigenvalue weighted by molar-refractivity contribution is 0.0593. The largest absolute Gasteiger partial charge is 0.493 e. The molecule has 0 bridgehead atoms. The van der Waals surface area contributed by atoms with E-state index < -0.39 is 6.04 Å². The summed E-state index contributed by atoms with van der Waals surface area (Å²) in [5.41, 5.74) is 1.09. The number of benzene rings is 2. The Morgan fingerprint density at radius 1 is 1.12 bits per heavy atom. The maximum atomic E-state index is 13.6. The van der Waals surface area contributed by atoms with Crippen LogP contribution in [0.1, 0.15) is 54.9 Å². The summed E-state index contributed by atoms with van der Waals surface area (Å²) in [5.74, 6) is 0.845. The standard InChI is InChI=1S/C26H28ClNO6/c1-5-32-20-9-7-16(13-21(20)31-4)23-22-24(29)18-14-17(27)8-10-19(18)34-25(22)26(30)28(23)11-6-12-33-15(2)3/h7-10,13-15,23H,5-6,11-12H2,1-4H3. The highest BCUT2D eigenvalue weighted by Crippen LogP contribution is 2.41. The van der Waals surface area contributed by atoms with Gasteiger partial charge in [-0.3, -0.25) is 9.59 Å². The van der Waals surface area contributed by atoms with Crippen molar-refractivity contribution in [2.45, 2.75) is 39.3 Å². The zero-order valence-electron chi connectivity index (χ0n) is 19.7. The average Bonchev–Trinajstić information content (AvgIpc) is 3.09. The first kappa shape index (κ1) is 24.1. The van der Waals surface area contributed by atoms with Crippen molar-refractivity contribution in [2.24, 2.45) is 0 Å². The lowest BCUT2D eigenvalue weighted by Crippen LogP contribution is -2.31. The quantitative estimate of drug-likeness (QED) is 0.387. The van der Waals surface area contributed by atoms with Gasteiger partial charge in [-0.05, 0) is 63.1 Å². The number of carbonyl (C=O) groups excluding carboxylic acids is 1. The van der Waals surface area contributed by atoms with Gasteiger partial charge in [0.05, 0.1) is 36.8 Å². The van der Waals surface area contributed by atoms with E-state index in [4.69, 9.17) is 30.2 Å². The molecule has 1 aliphatic rings. The molecular weight excluding hydrogens is 458 g/mol. The summed E-state index contributed by atoms with van der Waals surface area (Å²) >= 11 is 6.15. The fourth-order valence-corrected chi connectivity index (χ4v) is 4.42. The van der Waals surface area contributed by atoms with Crippen LogP contribution in [0.3, 0.4) is 0 Å². The summed E-state index contributed by atoms with van der Waals surface area (Å²) in [6.07, 6.45) is 0.707. The van der Waals surface area contributed by atoms with E-state index in [1.165, 1.54) is 0 Å². The molecule has 1 amide bonds. The van der Waals surface area contributed by atoms with Gasteiger partial charge in [-0.25, -0.2) is 0 Å². The monoisotopic (exact) mass is 485 g/mol. The molecule has 0 saturated carbocycles. The number of hydrogen-bond acceptors (Lipinski definition) is 6. The summed E-state index contributed by atoms with van der Waals surface area (Å²) in [6.45, 7) is 7.19. The minimum Gasteiger partial charge on any atom is -0.493 e. The predicted octanol–water partition coefficient (Wildman–Crippen LogP) is 5.21. The lowest BCUT2D eigenvalue weighted by atomic mass is 9.98. The van der Waals surface area contributed by atoms with Gasteiger partial charge in [0.2, 0.25) is 5.76 Å². The number of ether oxygens (including phenoxy) is 3. The molecule has 2 aromatic carbocycles. The van der Waals surface area contributed by atoms with E-state index >= 15 is 0 Å². The lowest BCUT2D eigenvalue weighted by Gasteiger charge is -2.26. The SMILES string of the molecule is CCOc1ccc(C2c3c(oc4ccc(Cl)cc4c3=O)C(=O)N2CCCOC(C)C)cc1OC. The maximum Gasteiger partial charge on any atom is 0.290 e. The molecule has 0 saturated heterocycles. The third kappa shape index (κ3) is 4.50. The number of carbonyl (C=O) groups is 1. The molecule has 3 aromatic rings. The Kier molecular flexibility index (Phi) is 7.14. The second-order valence-corrected chi connectivity index (χ2v) is 8.77. The predicted molar refractivity (Wildman–Crippen MR) is 130 cm³/mol. The van der Waals surface area contributed by atoms with Gasteiger partial charge < -0.3 is 23.5 Å². The van der Waals surface area contributed by atoms with Crippen molar-refractivity contribution >= 4 is 28.5 Å². The molecule has 8 heteroatoms. The molecule has 1 atom stereocenters. The van der Waals surface area contributed by atoms with Crippen LogP contribution in [0.25, 0.3) is 11.0 Å². The van der Waals surface area contributed by atoms with Crippen LogP contribution in [0, 0.1) is 0 Å². The van der Waals surface area contributed by atoms with Crippen molar-refractivity contribution in [1.82, 2.24) is 4.90 Å². The molecule has 1 aromatic heterocycles. The van der Waals surface area contributed by atoms with Crippen LogP contribution < -0.4 is 14.9 Å². The molecule has 0 spiro atoms. The first-order valence-corrected chi connectivity index (χ1v) is 11.7. The summed E-state index contributed by atoms with van der Waals surface area (Å²) in [7, 11) is 1.56. The zero-order chi connectivity index (χ0) is 24.4. The van der Waals surface area contributed by atoms with E-state index in [9.17, 15) is 9.59 Å². The molecule has 0 N–H and O–H groups in total. The van der Waals surface area contributed by atoms with E-state index in [0.717, 1.165) is 5.56 Å². The van der Waals surface area contributed by atoms with Crippen LogP contribution in [0.2, 0.25) is 5.02 Å². The van der Waals surface area contributed by atoms with Crippen LogP contribution in [0.5, 0.6) is 11.5 Å². The van der Waals surface area contributed by atoms with Crippen molar-refractivity contribution in [3.05, 3.63) is 68.5 Å². The Hall–Kier alpha value is -3.03. The first-order chi connectivity index (χ1) is 16.3. The fourth-order valence-electron chi connectivity index (χ4n) is 4.25. The topological polar surface area (TPSA) is 78.2 Å². The number of methoxy groups -OCH3 is 1. The zero-order valence-corrected chi connectivity index (χ0v) is 20.5. The number of fused-ring (bicyclic) bond motifs is 2. The smallest absolute Gasteiger partial charge is 0.290 e. The van der Waals surface area contributed by atoms with E-state index in [0.29, 0.717) is 59.2 Å². The molecule has 180 valence electrons. The summed E-state index contributed by atoms with van der Waals surface area (Å²) in [4.78, 5) is 28.7. The van der Waals surface area contributed by atoms with Gasteiger partial charge in [0, 0.05) is 18.2 Å². The van der Waals surface area contributed by atoms with Crippen LogP contribution in [-0.4, -0.2) is 43.8 Å². The van der Waals surface area contributed by atoms with Crippen LogP contribution in [0.15, 0.2) is 45.6 Å². The maximum absolute atomic E-state index is 13.6. The molecule has 0 fully saturated rings. The highest BCUT2D eigenvalue weighted by atomic mass is 35.5. The second-order valence-electron chi connectivity index (χ2n) is 8.33. The Balaban J connectivity index is 1.84. The van der Waals surface area contributed by atoms with Gasteiger partial charge >= 0.3 is 0 Å². The van der Waals surface area contributed by atoms with Crippen molar-refractivity contribution in [3.8, 4) is 11.5 Å². The number of rotatable bonds is 9. The molecule has 2 heterocycles. The number of amides is 1. The van der Waals surface area contributed by atoms with Crippen LogP contribution in [0.4, 0.5) is 0 Å². The third-order valence-corrected chi connectivity index (χ3v) is 5.96. The van der Waals surface area contributed by atoms with Crippen molar-refractivity contribution < 1.29 is 23.4 Å². The normalized spacial score (nSPS) is 15.3. The molecule has 7 nitrogen and oxygen atoms in total. The van der Waals surface area contributed by atoms with Gasteiger partial charge in [0.15, 0.2) is 16.9 Å². The first-order valence-electron chi connectivity index (χ1n) is 11.3. The van der Waals surface area contributed by atoms with Gasteiger partial charge in [-0.1, -0.05) is 17.7 Å². The van der Waals surface area contributed by atoms with Gasteiger partial charge in [-0.15, -0.1) is 0 Å². The van der Waals surface area contributed by atoms with Crippen LogP contribution in [-0.2, 0) is 4.74 Å². The molecule has 1 aliphatic heterocycles. The number of nitrogens with zero attached hydrogens (tertiary/aromatic N) is 1. The Bertz CT molecular complexity index is 1270. The Morgan fingerprint density at radius 2 is 1.91 bits per heavy atom. The second kappa shape index (κ2) is 10.1. The van der Waals surface area contributed by atoms with Gasteiger partial charge in [-0.2, -0.15) is 0 Å². The van der Waals surface area contributed by atoms with Crippen molar-refractivity contribution in [2.75, 3.05) is 26.9 Å². The highest BCUT2D eigenvalue weighted by molar-refractivity contribution is 6.31.